The monoisotopic (exact) mass is 319 g/mol. The molecule has 0 saturated carbocycles. The summed E-state index contributed by atoms with van der Waals surface area (Å²) in [5.74, 6) is 0.656. The molecule has 1 unspecified atom stereocenters. The molecule has 0 N–H and O–H groups in total. The highest BCUT2D eigenvalue weighted by molar-refractivity contribution is 6.31. The number of ether oxygens (including phenoxy) is 1. The van der Waals surface area contributed by atoms with E-state index in [1.165, 1.54) is 19.3 Å². The van der Waals surface area contributed by atoms with Gasteiger partial charge < -0.3 is 9.64 Å². The van der Waals surface area contributed by atoms with Gasteiger partial charge in [0.05, 0.1) is 12.7 Å². The molecule has 1 fully saturated rings. The fraction of sp³-hybridized carbons (Fsp3) is 0.471. The number of aromatic nitrogens is 2. The van der Waals surface area contributed by atoms with Crippen molar-refractivity contribution >= 4 is 11.6 Å². The highest BCUT2D eigenvalue weighted by atomic mass is 35.5. The molecular formula is C17H22ClN3O. The van der Waals surface area contributed by atoms with Crippen LogP contribution >= 0.6 is 11.6 Å². The van der Waals surface area contributed by atoms with Crippen LogP contribution in [0.15, 0.2) is 36.5 Å². The lowest BCUT2D eigenvalue weighted by Crippen LogP contribution is -2.39. The predicted molar refractivity (Wildman–Crippen MR) is 88.3 cm³/mol. The van der Waals surface area contributed by atoms with Crippen LogP contribution in [0.4, 0.5) is 0 Å². The van der Waals surface area contributed by atoms with Gasteiger partial charge in [-0.1, -0.05) is 48.4 Å². The van der Waals surface area contributed by atoms with Gasteiger partial charge >= 0.3 is 0 Å². The molecule has 5 heteroatoms. The number of hydrogen-bond acceptors (Lipinski definition) is 3. The van der Waals surface area contributed by atoms with E-state index in [0.717, 1.165) is 18.7 Å². The lowest BCUT2D eigenvalue weighted by atomic mass is 10.0. The third-order valence-corrected chi connectivity index (χ3v) is 4.67. The van der Waals surface area contributed by atoms with E-state index < -0.39 is 0 Å². The molecular weight excluding hydrogens is 298 g/mol. The highest BCUT2D eigenvalue weighted by Gasteiger charge is 2.21. The van der Waals surface area contributed by atoms with Crippen molar-refractivity contribution in [1.82, 2.24) is 14.7 Å². The van der Waals surface area contributed by atoms with Crippen molar-refractivity contribution in [3.05, 3.63) is 47.2 Å². The summed E-state index contributed by atoms with van der Waals surface area (Å²) in [5, 5.41) is 4.98. The molecule has 0 radical (unpaired) electrons. The minimum atomic E-state index is 0.508. The smallest absolute Gasteiger partial charge is 0.176 e. The first kappa shape index (κ1) is 15.4. The van der Waals surface area contributed by atoms with Crippen molar-refractivity contribution in [2.75, 3.05) is 13.6 Å². The van der Waals surface area contributed by atoms with Gasteiger partial charge in [0.15, 0.2) is 10.9 Å². The number of rotatable bonds is 5. The van der Waals surface area contributed by atoms with E-state index in [2.05, 4.69) is 17.0 Å². The van der Waals surface area contributed by atoms with Crippen molar-refractivity contribution in [3.63, 3.8) is 0 Å². The van der Waals surface area contributed by atoms with Gasteiger partial charge in [-0.2, -0.15) is 5.10 Å². The lowest BCUT2D eigenvalue weighted by Gasteiger charge is -2.32. The van der Waals surface area contributed by atoms with Gasteiger partial charge in [-0.05, 0) is 32.0 Å². The Morgan fingerprint density at radius 3 is 2.86 bits per heavy atom. The zero-order valence-electron chi connectivity index (χ0n) is 12.9. The molecule has 1 atom stereocenters. The van der Waals surface area contributed by atoms with E-state index in [0.29, 0.717) is 23.6 Å². The minimum absolute atomic E-state index is 0.508. The molecule has 0 spiro atoms. The van der Waals surface area contributed by atoms with Crippen LogP contribution in [0.3, 0.4) is 0 Å². The summed E-state index contributed by atoms with van der Waals surface area (Å²) in [6, 6.07) is 10.6. The first-order valence-electron chi connectivity index (χ1n) is 7.82. The van der Waals surface area contributed by atoms with Gasteiger partial charge in [-0.15, -0.1) is 0 Å². The quantitative estimate of drug-likeness (QED) is 0.843. The van der Waals surface area contributed by atoms with Crippen molar-refractivity contribution in [3.8, 4) is 5.75 Å². The summed E-state index contributed by atoms with van der Waals surface area (Å²) in [6.45, 7) is 2.49. The van der Waals surface area contributed by atoms with Crippen LogP contribution in [0.1, 0.15) is 24.8 Å². The third kappa shape index (κ3) is 3.62. The topological polar surface area (TPSA) is 30.3 Å². The molecule has 22 heavy (non-hydrogen) atoms. The summed E-state index contributed by atoms with van der Waals surface area (Å²) in [7, 11) is 2.17. The first-order valence-corrected chi connectivity index (χ1v) is 8.20. The van der Waals surface area contributed by atoms with Gasteiger partial charge in [0, 0.05) is 6.04 Å². The van der Waals surface area contributed by atoms with E-state index in [-0.39, 0.29) is 0 Å². The van der Waals surface area contributed by atoms with Crippen LogP contribution in [0.25, 0.3) is 0 Å². The summed E-state index contributed by atoms with van der Waals surface area (Å²) in [4.78, 5) is 2.39. The normalized spacial score (nSPS) is 19.3. The molecule has 1 aliphatic heterocycles. The van der Waals surface area contributed by atoms with Gasteiger partial charge in [0.25, 0.3) is 0 Å². The molecule has 0 amide bonds. The van der Waals surface area contributed by atoms with E-state index in [1.54, 1.807) is 6.20 Å². The van der Waals surface area contributed by atoms with Crippen LogP contribution in [0.5, 0.6) is 5.75 Å². The SMILES string of the molecule is CN1CCCCC1Cn1ncc(OCc2ccccc2)c1Cl. The Kier molecular flexibility index (Phi) is 5.01. The van der Waals surface area contributed by atoms with Crippen molar-refractivity contribution in [1.29, 1.82) is 0 Å². The number of benzene rings is 1. The molecule has 0 aliphatic carbocycles. The van der Waals surface area contributed by atoms with Crippen LogP contribution in [0, 0.1) is 0 Å². The third-order valence-electron chi connectivity index (χ3n) is 4.29. The Morgan fingerprint density at radius 2 is 2.09 bits per heavy atom. The molecule has 2 aromatic rings. The molecule has 3 rings (SSSR count). The largest absolute Gasteiger partial charge is 0.484 e. The molecule has 2 heterocycles. The van der Waals surface area contributed by atoms with E-state index in [1.807, 2.05) is 35.0 Å². The molecule has 1 aromatic heterocycles. The van der Waals surface area contributed by atoms with Crippen LogP contribution in [0.2, 0.25) is 5.15 Å². The number of nitrogens with zero attached hydrogens (tertiary/aromatic N) is 3. The maximum Gasteiger partial charge on any atom is 0.176 e. The van der Waals surface area contributed by atoms with Crippen molar-refractivity contribution in [2.24, 2.45) is 0 Å². The first-order chi connectivity index (χ1) is 10.7. The average molecular weight is 320 g/mol. The number of likely N-dealkylation sites (tertiary alicyclic amines) is 1. The van der Waals surface area contributed by atoms with Crippen LogP contribution < -0.4 is 4.74 Å². The van der Waals surface area contributed by atoms with Crippen LogP contribution in [-0.4, -0.2) is 34.3 Å². The summed E-state index contributed by atoms with van der Waals surface area (Å²) in [6.07, 6.45) is 5.48. The molecule has 1 aromatic carbocycles. The van der Waals surface area contributed by atoms with E-state index in [4.69, 9.17) is 16.3 Å². The number of hydrogen-bond donors (Lipinski definition) is 0. The minimum Gasteiger partial charge on any atom is -0.484 e. The maximum absolute atomic E-state index is 6.41. The number of halogens is 1. The van der Waals surface area contributed by atoms with Gasteiger partial charge in [0.1, 0.15) is 6.61 Å². The zero-order chi connectivity index (χ0) is 15.4. The Balaban J connectivity index is 1.61. The average Bonchev–Trinajstić information content (AvgIpc) is 2.89. The van der Waals surface area contributed by atoms with Gasteiger partial charge in [-0.3, -0.25) is 0 Å². The highest BCUT2D eigenvalue weighted by Crippen LogP contribution is 2.26. The maximum atomic E-state index is 6.41. The van der Waals surface area contributed by atoms with Crippen LogP contribution in [-0.2, 0) is 13.2 Å². The Morgan fingerprint density at radius 1 is 1.27 bits per heavy atom. The molecule has 1 saturated heterocycles. The molecule has 1 aliphatic rings. The Hall–Kier alpha value is -1.52. The lowest BCUT2D eigenvalue weighted by molar-refractivity contribution is 0.163. The number of likely N-dealkylation sites (N-methyl/N-ethyl adjacent to an activating group) is 1. The van der Waals surface area contributed by atoms with Gasteiger partial charge in [0.2, 0.25) is 0 Å². The second kappa shape index (κ2) is 7.16. The Labute approximate surface area is 136 Å². The van der Waals surface area contributed by atoms with Gasteiger partial charge in [-0.25, -0.2) is 4.68 Å². The summed E-state index contributed by atoms with van der Waals surface area (Å²) < 4.78 is 7.65. The zero-order valence-corrected chi connectivity index (χ0v) is 13.7. The Bertz CT molecular complexity index is 599. The predicted octanol–water partition coefficient (Wildman–Crippen LogP) is 3.60. The second-order valence-corrected chi connectivity index (χ2v) is 6.24. The summed E-state index contributed by atoms with van der Waals surface area (Å²) in [5.41, 5.74) is 1.12. The van der Waals surface area contributed by atoms with Crippen molar-refractivity contribution in [2.45, 2.75) is 38.5 Å². The summed E-state index contributed by atoms with van der Waals surface area (Å²) >= 11 is 6.41. The fourth-order valence-electron chi connectivity index (χ4n) is 2.89. The van der Waals surface area contributed by atoms with E-state index in [9.17, 15) is 0 Å². The number of piperidine rings is 1. The standard InChI is InChI=1S/C17H22ClN3O/c1-20-10-6-5-9-15(20)12-21-17(18)16(11-19-21)22-13-14-7-3-2-4-8-14/h2-4,7-8,11,15H,5-6,9-10,12-13H2,1H3. The second-order valence-electron chi connectivity index (χ2n) is 5.89. The fourth-order valence-corrected chi connectivity index (χ4v) is 3.10. The molecule has 0 bridgehead atoms. The molecule has 118 valence electrons. The van der Waals surface area contributed by atoms with E-state index >= 15 is 0 Å². The molecule has 4 nitrogen and oxygen atoms in total. The van der Waals surface area contributed by atoms with Crippen molar-refractivity contribution < 1.29 is 4.74 Å².